The Morgan fingerprint density at radius 1 is 1.42 bits per heavy atom. The Labute approximate surface area is 137 Å². The maximum Gasteiger partial charge on any atom is 0.257 e. The number of carbonyl (C=O) groups excluding carboxylic acids is 1. The average molecular weight is 327 g/mol. The molecule has 1 saturated heterocycles. The number of carbonyl (C=O) groups is 1. The van der Waals surface area contributed by atoms with E-state index in [0.717, 1.165) is 11.0 Å². The Morgan fingerprint density at radius 2 is 2.29 bits per heavy atom. The van der Waals surface area contributed by atoms with E-state index in [1.807, 2.05) is 19.1 Å². The van der Waals surface area contributed by atoms with Crippen LogP contribution in [0.3, 0.4) is 0 Å². The highest BCUT2D eigenvalue weighted by molar-refractivity contribution is 5.97. The number of nitrogens with one attached hydrogen (secondary N) is 1. The van der Waals surface area contributed by atoms with Crippen LogP contribution in [0.25, 0.3) is 11.0 Å². The fraction of sp³-hybridized carbons (Fsp3) is 0.375. The molecule has 2 atom stereocenters. The first kappa shape index (κ1) is 14.8. The minimum Gasteiger partial charge on any atom is -0.362 e. The minimum absolute atomic E-state index is 0.0815. The number of morpholine rings is 1. The number of aryl methyl sites for hydroxylation is 1. The third-order valence-electron chi connectivity index (χ3n) is 4.01. The molecule has 1 amide bonds. The molecule has 1 aliphatic heterocycles. The number of aromatic nitrogens is 4. The van der Waals surface area contributed by atoms with Crippen LogP contribution >= 0.6 is 0 Å². The zero-order valence-corrected chi connectivity index (χ0v) is 13.4. The molecule has 0 radical (unpaired) electrons. The van der Waals surface area contributed by atoms with Gasteiger partial charge in [-0.2, -0.15) is 4.98 Å². The molecule has 1 aliphatic rings. The molecule has 0 bridgehead atoms. The maximum absolute atomic E-state index is 12.8. The molecule has 3 aromatic rings. The third-order valence-corrected chi connectivity index (χ3v) is 4.01. The van der Waals surface area contributed by atoms with E-state index in [9.17, 15) is 4.79 Å². The first-order valence-corrected chi connectivity index (χ1v) is 7.78. The molecule has 0 unspecified atom stereocenters. The van der Waals surface area contributed by atoms with Crippen molar-refractivity contribution in [2.45, 2.75) is 26.1 Å². The summed E-state index contributed by atoms with van der Waals surface area (Å²) >= 11 is 0. The van der Waals surface area contributed by atoms with Crippen molar-refractivity contribution in [2.75, 3.05) is 13.1 Å². The summed E-state index contributed by atoms with van der Waals surface area (Å²) in [4.78, 5) is 26.1. The first-order valence-electron chi connectivity index (χ1n) is 7.78. The van der Waals surface area contributed by atoms with Gasteiger partial charge in [-0.25, -0.2) is 4.98 Å². The Bertz CT molecular complexity index is 887. The van der Waals surface area contributed by atoms with Crippen LogP contribution in [0.15, 0.2) is 29.0 Å². The molecule has 0 aromatic carbocycles. The highest BCUT2D eigenvalue weighted by atomic mass is 16.5. The monoisotopic (exact) mass is 327 g/mol. The van der Waals surface area contributed by atoms with E-state index >= 15 is 0 Å². The van der Waals surface area contributed by atoms with E-state index in [-0.39, 0.29) is 12.0 Å². The third kappa shape index (κ3) is 2.65. The zero-order chi connectivity index (χ0) is 16.7. The van der Waals surface area contributed by atoms with Crippen molar-refractivity contribution in [1.82, 2.24) is 25.0 Å². The Balaban J connectivity index is 1.58. The van der Waals surface area contributed by atoms with Gasteiger partial charge in [0.1, 0.15) is 5.65 Å². The molecule has 24 heavy (non-hydrogen) atoms. The van der Waals surface area contributed by atoms with Gasteiger partial charge in [-0.05, 0) is 26.0 Å². The molecule has 4 rings (SSSR count). The fourth-order valence-corrected chi connectivity index (χ4v) is 2.94. The zero-order valence-electron chi connectivity index (χ0n) is 13.4. The smallest absolute Gasteiger partial charge is 0.257 e. The van der Waals surface area contributed by atoms with Crippen LogP contribution in [0, 0.1) is 6.92 Å². The lowest BCUT2D eigenvalue weighted by Crippen LogP contribution is -2.46. The number of rotatable bonds is 2. The lowest BCUT2D eigenvalue weighted by atomic mass is 10.1. The van der Waals surface area contributed by atoms with E-state index in [1.54, 1.807) is 24.2 Å². The van der Waals surface area contributed by atoms with Gasteiger partial charge < -0.3 is 19.1 Å². The van der Waals surface area contributed by atoms with Gasteiger partial charge in [0.2, 0.25) is 0 Å². The van der Waals surface area contributed by atoms with Gasteiger partial charge in [-0.3, -0.25) is 4.79 Å². The van der Waals surface area contributed by atoms with Crippen LogP contribution < -0.4 is 0 Å². The molecular weight excluding hydrogens is 310 g/mol. The SMILES string of the molecule is Cc1noc([C@H]2CN(C(=O)c3cnc4[nH]ccc4c3)C[C@@H](C)O2)n1. The normalized spacial score (nSPS) is 21.3. The van der Waals surface area contributed by atoms with Crippen molar-refractivity contribution >= 4 is 16.9 Å². The van der Waals surface area contributed by atoms with Crippen LogP contribution in [0.1, 0.15) is 35.1 Å². The molecule has 1 fully saturated rings. The van der Waals surface area contributed by atoms with Crippen LogP contribution in [0.4, 0.5) is 0 Å². The van der Waals surface area contributed by atoms with E-state index in [1.165, 1.54) is 0 Å². The number of aromatic amines is 1. The molecule has 8 heteroatoms. The topological polar surface area (TPSA) is 97.1 Å². The average Bonchev–Trinajstić information content (AvgIpc) is 3.21. The highest BCUT2D eigenvalue weighted by Gasteiger charge is 2.33. The largest absolute Gasteiger partial charge is 0.362 e. The van der Waals surface area contributed by atoms with Gasteiger partial charge in [0, 0.05) is 24.3 Å². The summed E-state index contributed by atoms with van der Waals surface area (Å²) in [5.41, 5.74) is 1.32. The molecule has 0 aliphatic carbocycles. The molecule has 0 spiro atoms. The van der Waals surface area contributed by atoms with Gasteiger partial charge in [-0.15, -0.1) is 0 Å². The fourth-order valence-electron chi connectivity index (χ4n) is 2.94. The number of hydrogen-bond donors (Lipinski definition) is 1. The predicted octanol–water partition coefficient (Wildman–Crippen LogP) is 1.86. The second kappa shape index (κ2) is 5.72. The first-order chi connectivity index (χ1) is 11.6. The van der Waals surface area contributed by atoms with Gasteiger partial charge >= 0.3 is 0 Å². The summed E-state index contributed by atoms with van der Waals surface area (Å²) in [5, 5.41) is 4.70. The second-order valence-corrected chi connectivity index (χ2v) is 5.96. The molecule has 8 nitrogen and oxygen atoms in total. The highest BCUT2D eigenvalue weighted by Crippen LogP contribution is 2.25. The van der Waals surface area contributed by atoms with E-state index in [4.69, 9.17) is 9.26 Å². The summed E-state index contributed by atoms with van der Waals surface area (Å²) in [6, 6.07) is 3.73. The molecule has 4 heterocycles. The molecule has 1 N–H and O–H groups in total. The summed E-state index contributed by atoms with van der Waals surface area (Å²) in [7, 11) is 0. The number of H-pyrrole nitrogens is 1. The van der Waals surface area contributed by atoms with Crippen molar-refractivity contribution in [1.29, 1.82) is 0 Å². The number of ether oxygens (including phenoxy) is 1. The van der Waals surface area contributed by atoms with Gasteiger partial charge in [0.15, 0.2) is 11.9 Å². The van der Waals surface area contributed by atoms with Gasteiger partial charge in [-0.1, -0.05) is 5.16 Å². The second-order valence-electron chi connectivity index (χ2n) is 5.96. The summed E-state index contributed by atoms with van der Waals surface area (Å²) in [6.45, 7) is 4.55. The van der Waals surface area contributed by atoms with Gasteiger partial charge in [0.05, 0.1) is 18.2 Å². The predicted molar refractivity (Wildman–Crippen MR) is 84.3 cm³/mol. The molecular formula is C16H17N5O3. The number of nitrogens with zero attached hydrogens (tertiary/aromatic N) is 4. The molecule has 3 aromatic heterocycles. The van der Waals surface area contributed by atoms with Crippen molar-refractivity contribution in [3.8, 4) is 0 Å². The standard InChI is InChI=1S/C16H17N5O3/c1-9-7-21(8-13(23-9)15-19-10(2)20-24-15)16(22)12-5-11-3-4-17-14(11)18-6-12/h3-6,9,13H,7-8H2,1-2H3,(H,17,18)/t9-,13-/m1/s1. The quantitative estimate of drug-likeness (QED) is 0.771. The van der Waals surface area contributed by atoms with Crippen molar-refractivity contribution < 1.29 is 14.1 Å². The summed E-state index contributed by atoms with van der Waals surface area (Å²) in [5.74, 6) is 0.866. The van der Waals surface area contributed by atoms with Crippen LogP contribution in [-0.2, 0) is 4.74 Å². The number of pyridine rings is 1. The lowest BCUT2D eigenvalue weighted by Gasteiger charge is -2.35. The maximum atomic E-state index is 12.8. The van der Waals surface area contributed by atoms with E-state index < -0.39 is 6.10 Å². The Morgan fingerprint density at radius 3 is 3.08 bits per heavy atom. The number of hydrogen-bond acceptors (Lipinski definition) is 6. The van der Waals surface area contributed by atoms with Crippen LogP contribution in [0.2, 0.25) is 0 Å². The minimum atomic E-state index is -0.414. The summed E-state index contributed by atoms with van der Waals surface area (Å²) < 4.78 is 11.0. The van der Waals surface area contributed by atoms with Crippen LogP contribution in [0.5, 0.6) is 0 Å². The van der Waals surface area contributed by atoms with Crippen molar-refractivity contribution in [3.05, 3.63) is 41.8 Å². The summed E-state index contributed by atoms with van der Waals surface area (Å²) in [6.07, 6.45) is 2.86. The van der Waals surface area contributed by atoms with Crippen molar-refractivity contribution in [2.24, 2.45) is 0 Å². The molecule has 124 valence electrons. The Kier molecular flexibility index (Phi) is 3.53. The van der Waals surface area contributed by atoms with Gasteiger partial charge in [0.25, 0.3) is 11.8 Å². The lowest BCUT2D eigenvalue weighted by molar-refractivity contribution is -0.0810. The number of fused-ring (bicyclic) bond motifs is 1. The van der Waals surface area contributed by atoms with E-state index in [0.29, 0.717) is 30.4 Å². The number of amides is 1. The van der Waals surface area contributed by atoms with E-state index in [2.05, 4.69) is 20.1 Å². The van der Waals surface area contributed by atoms with Crippen molar-refractivity contribution in [3.63, 3.8) is 0 Å². The Hall–Kier alpha value is -2.74. The van der Waals surface area contributed by atoms with Crippen LogP contribution in [-0.4, -0.2) is 50.1 Å². The molecule has 0 saturated carbocycles.